The maximum absolute atomic E-state index is 12.1. The van der Waals surface area contributed by atoms with Crippen LogP contribution in [0, 0.1) is 0 Å². The molecule has 1 aromatic carbocycles. The van der Waals surface area contributed by atoms with E-state index in [1.54, 1.807) is 12.3 Å². The number of ether oxygens (including phenoxy) is 1. The smallest absolute Gasteiger partial charge is 0.404 e. The molecule has 16 heavy (non-hydrogen) atoms. The molecular weight excluding hydrogens is 221 g/mol. The van der Waals surface area contributed by atoms with Crippen molar-refractivity contribution >= 4 is 0 Å². The monoisotopic (exact) mass is 228 g/mol. The van der Waals surface area contributed by atoms with Crippen LogP contribution in [0.5, 0.6) is 5.75 Å². The lowest BCUT2D eigenvalue weighted by Crippen LogP contribution is -2.18. The van der Waals surface area contributed by atoms with Gasteiger partial charge in [0.15, 0.2) is 5.75 Å². The summed E-state index contributed by atoms with van der Waals surface area (Å²) in [5.74, 6) is -0.256. The van der Waals surface area contributed by atoms with Gasteiger partial charge in [-0.1, -0.05) is 12.1 Å². The van der Waals surface area contributed by atoms with E-state index in [2.05, 4.69) is 9.72 Å². The molecule has 0 radical (unpaired) electrons. The molecule has 2 rings (SSSR count). The molecule has 1 aromatic heterocycles. The van der Waals surface area contributed by atoms with Crippen molar-refractivity contribution in [1.82, 2.24) is 9.55 Å². The Morgan fingerprint density at radius 2 is 1.94 bits per heavy atom. The summed E-state index contributed by atoms with van der Waals surface area (Å²) in [5, 5.41) is 0. The summed E-state index contributed by atoms with van der Waals surface area (Å²) in [6, 6.07) is 5.87. The van der Waals surface area contributed by atoms with Crippen molar-refractivity contribution in [3.8, 4) is 11.4 Å². The third kappa shape index (κ3) is 2.33. The average molecular weight is 228 g/mol. The SMILES string of the molecule is FC(F)(F)Oc1ccccc1-n1ccnc1. The highest BCUT2D eigenvalue weighted by atomic mass is 19.4. The number of para-hydroxylation sites is 2. The number of alkyl halides is 3. The highest BCUT2D eigenvalue weighted by molar-refractivity contribution is 5.46. The Kier molecular flexibility index (Phi) is 2.55. The number of hydrogen-bond donors (Lipinski definition) is 0. The van der Waals surface area contributed by atoms with E-state index < -0.39 is 6.36 Å². The molecule has 3 nitrogen and oxygen atoms in total. The van der Waals surface area contributed by atoms with Crippen molar-refractivity contribution in [3.63, 3.8) is 0 Å². The van der Waals surface area contributed by atoms with E-state index in [4.69, 9.17) is 0 Å². The van der Waals surface area contributed by atoms with E-state index in [9.17, 15) is 13.2 Å². The second-order valence-corrected chi connectivity index (χ2v) is 2.99. The Labute approximate surface area is 89.1 Å². The Bertz CT molecular complexity index is 465. The van der Waals surface area contributed by atoms with E-state index in [0.29, 0.717) is 0 Å². The minimum atomic E-state index is -4.70. The molecule has 6 heteroatoms. The first-order valence-corrected chi connectivity index (χ1v) is 4.39. The van der Waals surface area contributed by atoms with Gasteiger partial charge in [0.05, 0.1) is 12.0 Å². The molecule has 0 aliphatic carbocycles. The van der Waals surface area contributed by atoms with Gasteiger partial charge in [0.2, 0.25) is 0 Å². The van der Waals surface area contributed by atoms with Gasteiger partial charge in [-0.15, -0.1) is 13.2 Å². The van der Waals surface area contributed by atoms with E-state index in [1.807, 2.05) is 0 Å². The molecule has 0 aliphatic heterocycles. The molecule has 0 amide bonds. The molecule has 0 fully saturated rings. The topological polar surface area (TPSA) is 27.1 Å². The quantitative estimate of drug-likeness (QED) is 0.790. The zero-order valence-electron chi connectivity index (χ0n) is 7.98. The lowest BCUT2D eigenvalue weighted by Gasteiger charge is -2.13. The first-order chi connectivity index (χ1) is 7.56. The van der Waals surface area contributed by atoms with Crippen LogP contribution in [-0.4, -0.2) is 15.9 Å². The summed E-state index contributed by atoms with van der Waals surface area (Å²) in [4.78, 5) is 3.76. The third-order valence-corrected chi connectivity index (χ3v) is 1.87. The number of imidazole rings is 1. The van der Waals surface area contributed by atoms with Crippen molar-refractivity contribution in [1.29, 1.82) is 0 Å². The van der Waals surface area contributed by atoms with Crippen LogP contribution in [0.4, 0.5) is 13.2 Å². The van der Waals surface area contributed by atoms with Crippen LogP contribution < -0.4 is 4.74 Å². The molecular formula is C10H7F3N2O. The number of nitrogens with zero attached hydrogens (tertiary/aromatic N) is 2. The van der Waals surface area contributed by atoms with E-state index in [1.165, 1.54) is 35.3 Å². The van der Waals surface area contributed by atoms with Crippen molar-refractivity contribution in [2.24, 2.45) is 0 Å². The molecule has 1 heterocycles. The fourth-order valence-electron chi connectivity index (χ4n) is 1.28. The van der Waals surface area contributed by atoms with Crippen LogP contribution in [-0.2, 0) is 0 Å². The Balaban J connectivity index is 2.39. The van der Waals surface area contributed by atoms with Gasteiger partial charge in [-0.25, -0.2) is 4.98 Å². The molecule has 0 saturated carbocycles. The largest absolute Gasteiger partial charge is 0.573 e. The molecule has 0 saturated heterocycles. The fraction of sp³-hybridized carbons (Fsp3) is 0.100. The van der Waals surface area contributed by atoms with Crippen LogP contribution in [0.2, 0.25) is 0 Å². The Hall–Kier alpha value is -1.98. The predicted octanol–water partition coefficient (Wildman–Crippen LogP) is 2.77. The van der Waals surface area contributed by atoms with Crippen molar-refractivity contribution in [2.75, 3.05) is 0 Å². The fourth-order valence-corrected chi connectivity index (χ4v) is 1.28. The molecule has 0 unspecified atom stereocenters. The number of hydrogen-bond acceptors (Lipinski definition) is 2. The summed E-state index contributed by atoms with van der Waals surface area (Å²) in [6.45, 7) is 0. The minimum absolute atomic E-state index is 0.256. The summed E-state index contributed by atoms with van der Waals surface area (Å²) in [6.07, 6.45) is -0.280. The molecule has 0 atom stereocenters. The molecule has 0 aliphatic rings. The highest BCUT2D eigenvalue weighted by Gasteiger charge is 2.32. The van der Waals surface area contributed by atoms with Crippen LogP contribution in [0.15, 0.2) is 43.0 Å². The third-order valence-electron chi connectivity index (χ3n) is 1.87. The van der Waals surface area contributed by atoms with E-state index in [-0.39, 0.29) is 11.4 Å². The zero-order chi connectivity index (χ0) is 11.6. The minimum Gasteiger partial charge on any atom is -0.404 e. The average Bonchev–Trinajstić information content (AvgIpc) is 2.69. The van der Waals surface area contributed by atoms with Crippen LogP contribution in [0.3, 0.4) is 0 Å². The van der Waals surface area contributed by atoms with Gasteiger partial charge in [0, 0.05) is 12.4 Å². The summed E-state index contributed by atoms with van der Waals surface area (Å²) in [5.41, 5.74) is 0.289. The standard InChI is InChI=1S/C10H7F3N2O/c11-10(12,13)16-9-4-2-1-3-8(9)15-6-5-14-7-15/h1-7H. The highest BCUT2D eigenvalue weighted by Crippen LogP contribution is 2.28. The van der Waals surface area contributed by atoms with Crippen molar-refractivity contribution in [2.45, 2.75) is 6.36 Å². The maximum atomic E-state index is 12.1. The van der Waals surface area contributed by atoms with Gasteiger partial charge in [0.25, 0.3) is 0 Å². The number of benzene rings is 1. The predicted molar refractivity (Wildman–Crippen MR) is 50.2 cm³/mol. The van der Waals surface area contributed by atoms with Gasteiger partial charge in [0.1, 0.15) is 0 Å². The molecule has 0 spiro atoms. The second kappa shape index (κ2) is 3.88. The van der Waals surface area contributed by atoms with Crippen molar-refractivity contribution in [3.05, 3.63) is 43.0 Å². The molecule has 2 aromatic rings. The Morgan fingerprint density at radius 3 is 2.56 bits per heavy atom. The zero-order valence-corrected chi connectivity index (χ0v) is 7.98. The molecule has 0 bridgehead atoms. The van der Waals surface area contributed by atoms with Crippen LogP contribution in [0.1, 0.15) is 0 Å². The van der Waals surface area contributed by atoms with Gasteiger partial charge in [-0.3, -0.25) is 0 Å². The summed E-state index contributed by atoms with van der Waals surface area (Å²) < 4.78 is 41.7. The number of halogens is 3. The van der Waals surface area contributed by atoms with Gasteiger partial charge < -0.3 is 9.30 Å². The molecule has 84 valence electrons. The number of aromatic nitrogens is 2. The molecule has 0 N–H and O–H groups in total. The summed E-state index contributed by atoms with van der Waals surface area (Å²) in [7, 11) is 0. The second-order valence-electron chi connectivity index (χ2n) is 2.99. The number of rotatable bonds is 2. The van der Waals surface area contributed by atoms with Gasteiger partial charge in [-0.2, -0.15) is 0 Å². The summed E-state index contributed by atoms with van der Waals surface area (Å²) >= 11 is 0. The van der Waals surface area contributed by atoms with Crippen LogP contribution >= 0.6 is 0 Å². The normalized spacial score (nSPS) is 11.4. The van der Waals surface area contributed by atoms with Crippen LogP contribution in [0.25, 0.3) is 5.69 Å². The van der Waals surface area contributed by atoms with Gasteiger partial charge in [-0.05, 0) is 12.1 Å². The lowest BCUT2D eigenvalue weighted by molar-refractivity contribution is -0.274. The maximum Gasteiger partial charge on any atom is 0.573 e. The lowest BCUT2D eigenvalue weighted by atomic mass is 10.3. The van der Waals surface area contributed by atoms with Gasteiger partial charge >= 0.3 is 6.36 Å². The van der Waals surface area contributed by atoms with Crippen molar-refractivity contribution < 1.29 is 17.9 Å². The van der Waals surface area contributed by atoms with E-state index >= 15 is 0 Å². The first kappa shape index (κ1) is 10.5. The van der Waals surface area contributed by atoms with E-state index in [0.717, 1.165) is 0 Å². The first-order valence-electron chi connectivity index (χ1n) is 4.39. The Morgan fingerprint density at radius 1 is 1.19 bits per heavy atom.